The molecule has 2 rings (SSSR count). The van der Waals surface area contributed by atoms with Gasteiger partial charge in [-0.15, -0.1) is 0 Å². The van der Waals surface area contributed by atoms with Gasteiger partial charge in [-0.3, -0.25) is 0 Å². The number of hydrogen-bond donors (Lipinski definition) is 1. The predicted molar refractivity (Wildman–Crippen MR) is 71.5 cm³/mol. The van der Waals surface area contributed by atoms with Crippen molar-refractivity contribution in [1.82, 2.24) is 5.16 Å². The summed E-state index contributed by atoms with van der Waals surface area (Å²) in [5, 5.41) is 12.7. The Morgan fingerprint density at radius 1 is 1.20 bits per heavy atom. The zero-order chi connectivity index (χ0) is 14.9. The number of aromatic nitrogens is 1. The van der Waals surface area contributed by atoms with Crippen molar-refractivity contribution < 1.29 is 23.9 Å². The van der Waals surface area contributed by atoms with Gasteiger partial charge in [0.2, 0.25) is 5.76 Å². The molecular formula is C14H15NO5. The Balaban J connectivity index is 2.65. The predicted octanol–water partition coefficient (Wildman–Crippen LogP) is 2.67. The van der Waals surface area contributed by atoms with Gasteiger partial charge in [-0.25, -0.2) is 4.79 Å². The lowest BCUT2D eigenvalue weighted by molar-refractivity contribution is 0.0652. The minimum atomic E-state index is -1.17. The van der Waals surface area contributed by atoms with Crippen LogP contribution in [0.25, 0.3) is 11.3 Å². The van der Waals surface area contributed by atoms with E-state index in [1.54, 1.807) is 20.3 Å². The van der Waals surface area contributed by atoms with E-state index in [2.05, 4.69) is 5.16 Å². The van der Waals surface area contributed by atoms with Crippen LogP contribution in [0.5, 0.6) is 11.5 Å². The second-order valence-electron chi connectivity index (χ2n) is 4.29. The van der Waals surface area contributed by atoms with E-state index in [9.17, 15) is 4.79 Å². The molecule has 0 saturated heterocycles. The highest BCUT2D eigenvalue weighted by molar-refractivity contribution is 5.86. The molecule has 6 nitrogen and oxygen atoms in total. The Morgan fingerprint density at radius 3 is 2.40 bits per heavy atom. The highest BCUT2D eigenvalue weighted by Gasteiger charge is 2.19. The third kappa shape index (κ3) is 2.20. The van der Waals surface area contributed by atoms with Crippen LogP contribution in [0.3, 0.4) is 0 Å². The summed E-state index contributed by atoms with van der Waals surface area (Å²) < 4.78 is 15.5. The van der Waals surface area contributed by atoms with Crippen molar-refractivity contribution in [3.05, 3.63) is 29.0 Å². The van der Waals surface area contributed by atoms with Crippen LogP contribution in [0, 0.1) is 13.8 Å². The minimum absolute atomic E-state index is 0.223. The molecule has 0 amide bonds. The Hall–Kier alpha value is -2.50. The van der Waals surface area contributed by atoms with Gasteiger partial charge in [0, 0.05) is 11.6 Å². The largest absolute Gasteiger partial charge is 0.496 e. The summed E-state index contributed by atoms with van der Waals surface area (Å²) in [5.74, 6) is -0.0931. The lowest BCUT2D eigenvalue weighted by atomic mass is 10.0. The summed E-state index contributed by atoms with van der Waals surface area (Å²) in [4.78, 5) is 10.9. The molecule has 1 N–H and O–H groups in total. The number of carboxylic acid groups (broad SMARTS) is 1. The molecule has 0 aliphatic heterocycles. The molecule has 0 fully saturated rings. The molecule has 0 radical (unpaired) electrons. The number of hydrogen-bond acceptors (Lipinski definition) is 5. The Labute approximate surface area is 115 Å². The lowest BCUT2D eigenvalue weighted by Crippen LogP contribution is -1.97. The molecule has 0 spiro atoms. The zero-order valence-electron chi connectivity index (χ0n) is 11.7. The standard InChI is InChI=1S/C14H15NO5/c1-7-8(2)13(19-4)9(5-11(7)18-3)10-6-12(14(16)17)20-15-10/h5-6H,1-4H3,(H,16,17). The number of rotatable bonds is 4. The van der Waals surface area contributed by atoms with Crippen LogP contribution in [0.2, 0.25) is 0 Å². The fourth-order valence-corrected chi connectivity index (χ4v) is 2.03. The molecule has 0 atom stereocenters. The molecule has 20 heavy (non-hydrogen) atoms. The van der Waals surface area contributed by atoms with E-state index >= 15 is 0 Å². The number of nitrogens with zero attached hydrogens (tertiary/aromatic N) is 1. The fourth-order valence-electron chi connectivity index (χ4n) is 2.03. The summed E-state index contributed by atoms with van der Waals surface area (Å²) in [6.45, 7) is 3.82. The van der Waals surface area contributed by atoms with Crippen LogP contribution in [-0.4, -0.2) is 30.5 Å². The van der Waals surface area contributed by atoms with Gasteiger partial charge >= 0.3 is 5.97 Å². The summed E-state index contributed by atoms with van der Waals surface area (Å²) in [5.41, 5.74) is 2.88. The molecule has 1 aromatic carbocycles. The molecular weight excluding hydrogens is 262 g/mol. The summed E-state index contributed by atoms with van der Waals surface area (Å²) in [6, 6.07) is 3.11. The van der Waals surface area contributed by atoms with Crippen molar-refractivity contribution in [1.29, 1.82) is 0 Å². The Bertz CT molecular complexity index is 660. The lowest BCUT2D eigenvalue weighted by Gasteiger charge is -2.15. The number of ether oxygens (including phenoxy) is 2. The highest BCUT2D eigenvalue weighted by atomic mass is 16.5. The van der Waals surface area contributed by atoms with Crippen LogP contribution >= 0.6 is 0 Å². The van der Waals surface area contributed by atoms with Crippen molar-refractivity contribution >= 4 is 5.97 Å². The molecule has 1 aromatic heterocycles. The molecule has 0 aliphatic carbocycles. The maximum Gasteiger partial charge on any atom is 0.374 e. The quantitative estimate of drug-likeness (QED) is 0.925. The maximum atomic E-state index is 10.9. The first kappa shape index (κ1) is 13.9. The van der Waals surface area contributed by atoms with Crippen molar-refractivity contribution in [3.63, 3.8) is 0 Å². The van der Waals surface area contributed by atoms with E-state index in [1.165, 1.54) is 6.07 Å². The van der Waals surface area contributed by atoms with Gasteiger partial charge in [-0.1, -0.05) is 5.16 Å². The number of aromatic carboxylic acids is 1. The molecule has 106 valence electrons. The number of benzene rings is 1. The SMILES string of the molecule is COc1cc(-c2cc(C(=O)O)on2)c(OC)c(C)c1C. The van der Waals surface area contributed by atoms with Gasteiger partial charge < -0.3 is 19.1 Å². The molecule has 1 heterocycles. The second-order valence-corrected chi connectivity index (χ2v) is 4.29. The monoisotopic (exact) mass is 277 g/mol. The second kappa shape index (κ2) is 5.24. The van der Waals surface area contributed by atoms with Crippen LogP contribution in [0.15, 0.2) is 16.7 Å². The third-order valence-electron chi connectivity index (χ3n) is 3.21. The van der Waals surface area contributed by atoms with Gasteiger partial charge in [-0.2, -0.15) is 0 Å². The van der Waals surface area contributed by atoms with Crippen molar-refractivity contribution in [2.24, 2.45) is 0 Å². The Morgan fingerprint density at radius 2 is 1.90 bits per heavy atom. The van der Waals surface area contributed by atoms with Gasteiger partial charge in [0.05, 0.1) is 14.2 Å². The van der Waals surface area contributed by atoms with Crippen LogP contribution in [-0.2, 0) is 0 Å². The summed E-state index contributed by atoms with van der Waals surface area (Å²) in [6.07, 6.45) is 0. The minimum Gasteiger partial charge on any atom is -0.496 e. The van der Waals surface area contributed by atoms with E-state index in [0.29, 0.717) is 22.8 Å². The van der Waals surface area contributed by atoms with Crippen LogP contribution in [0.1, 0.15) is 21.7 Å². The van der Waals surface area contributed by atoms with Gasteiger partial charge in [0.1, 0.15) is 17.2 Å². The molecule has 0 unspecified atom stereocenters. The van der Waals surface area contributed by atoms with Crippen LogP contribution < -0.4 is 9.47 Å². The van der Waals surface area contributed by atoms with Crippen LogP contribution in [0.4, 0.5) is 0 Å². The van der Waals surface area contributed by atoms with Gasteiger partial charge in [0.15, 0.2) is 0 Å². The summed E-state index contributed by atoms with van der Waals surface area (Å²) >= 11 is 0. The molecule has 6 heteroatoms. The molecule has 0 aliphatic rings. The van der Waals surface area contributed by atoms with Crippen molar-refractivity contribution in [2.75, 3.05) is 14.2 Å². The smallest absolute Gasteiger partial charge is 0.374 e. The van der Waals surface area contributed by atoms with Gasteiger partial charge in [0.25, 0.3) is 0 Å². The zero-order valence-corrected chi connectivity index (χ0v) is 11.7. The molecule has 2 aromatic rings. The topological polar surface area (TPSA) is 81.8 Å². The normalized spacial score (nSPS) is 10.4. The van der Waals surface area contributed by atoms with Gasteiger partial charge in [-0.05, 0) is 31.0 Å². The first-order chi connectivity index (χ1) is 9.49. The van der Waals surface area contributed by atoms with E-state index in [0.717, 1.165) is 11.1 Å². The fraction of sp³-hybridized carbons (Fsp3) is 0.286. The number of carboxylic acids is 1. The van der Waals surface area contributed by atoms with E-state index < -0.39 is 5.97 Å². The first-order valence-electron chi connectivity index (χ1n) is 5.92. The first-order valence-corrected chi connectivity index (χ1v) is 5.92. The van der Waals surface area contributed by atoms with E-state index in [4.69, 9.17) is 19.1 Å². The molecule has 0 saturated carbocycles. The molecule has 0 bridgehead atoms. The Kier molecular flexibility index (Phi) is 3.65. The third-order valence-corrected chi connectivity index (χ3v) is 3.21. The van der Waals surface area contributed by atoms with E-state index in [1.807, 2.05) is 13.8 Å². The van der Waals surface area contributed by atoms with Crippen molar-refractivity contribution in [3.8, 4) is 22.8 Å². The average Bonchev–Trinajstić information content (AvgIpc) is 2.91. The van der Waals surface area contributed by atoms with E-state index in [-0.39, 0.29) is 5.76 Å². The average molecular weight is 277 g/mol. The highest BCUT2D eigenvalue weighted by Crippen LogP contribution is 2.39. The number of carbonyl (C=O) groups is 1. The summed E-state index contributed by atoms with van der Waals surface area (Å²) in [7, 11) is 3.12. The number of methoxy groups -OCH3 is 2. The van der Waals surface area contributed by atoms with Crippen molar-refractivity contribution in [2.45, 2.75) is 13.8 Å². The maximum absolute atomic E-state index is 10.9.